The van der Waals surface area contributed by atoms with Crippen LogP contribution in [0.3, 0.4) is 0 Å². The second-order valence-electron chi connectivity index (χ2n) is 6.13. The van der Waals surface area contributed by atoms with Crippen LogP contribution < -0.4 is 4.90 Å². The molecule has 0 N–H and O–H groups in total. The van der Waals surface area contributed by atoms with Crippen LogP contribution in [-0.4, -0.2) is 17.4 Å². The first kappa shape index (κ1) is 16.3. The summed E-state index contributed by atoms with van der Waals surface area (Å²) in [6.45, 7) is 2.66. The minimum absolute atomic E-state index is 0.0439. The highest BCUT2D eigenvalue weighted by atomic mass is 35.5. The van der Waals surface area contributed by atoms with Gasteiger partial charge >= 0.3 is 0 Å². The number of thiazole rings is 1. The average molecular weight is 369 g/mol. The lowest BCUT2D eigenvalue weighted by atomic mass is 10.0. The Balaban J connectivity index is 1.69. The van der Waals surface area contributed by atoms with Crippen molar-refractivity contribution >= 4 is 34.5 Å². The Hall–Kier alpha value is -2.17. The molecule has 1 aliphatic heterocycles. The normalized spacial score (nSPS) is 13.6. The predicted molar refractivity (Wildman–Crippen MR) is 104 cm³/mol. The van der Waals surface area contributed by atoms with Gasteiger partial charge in [-0.3, -0.25) is 4.79 Å². The SMILES string of the molecule is Cc1nc(-c2ccc(Cl)cc2)sc1C(=O)N1CCCc2ccccc21. The minimum Gasteiger partial charge on any atom is -0.307 e. The van der Waals surface area contributed by atoms with Gasteiger partial charge in [-0.25, -0.2) is 4.98 Å². The van der Waals surface area contributed by atoms with Gasteiger partial charge in [0, 0.05) is 22.8 Å². The molecule has 1 amide bonds. The zero-order valence-electron chi connectivity index (χ0n) is 13.8. The van der Waals surface area contributed by atoms with Gasteiger partial charge in [0.1, 0.15) is 9.88 Å². The molecule has 5 heteroatoms. The number of carbonyl (C=O) groups is 1. The number of carbonyl (C=O) groups excluding carboxylic acids is 1. The summed E-state index contributed by atoms with van der Waals surface area (Å²) in [5.41, 5.74) is 4.03. The van der Waals surface area contributed by atoms with Gasteiger partial charge in [-0.1, -0.05) is 41.9 Å². The number of halogens is 1. The molecule has 3 aromatic rings. The van der Waals surface area contributed by atoms with Gasteiger partial charge < -0.3 is 4.90 Å². The molecule has 0 aliphatic carbocycles. The van der Waals surface area contributed by atoms with E-state index in [4.69, 9.17) is 11.6 Å². The lowest BCUT2D eigenvalue weighted by Crippen LogP contribution is -2.35. The number of aryl methyl sites for hydroxylation is 2. The number of hydrogen-bond donors (Lipinski definition) is 0. The van der Waals surface area contributed by atoms with E-state index in [-0.39, 0.29) is 5.91 Å². The molecular weight excluding hydrogens is 352 g/mol. The van der Waals surface area contributed by atoms with Crippen molar-refractivity contribution in [2.75, 3.05) is 11.4 Å². The third-order valence-electron chi connectivity index (χ3n) is 4.44. The molecule has 1 aliphatic rings. The summed E-state index contributed by atoms with van der Waals surface area (Å²) in [6, 6.07) is 15.7. The number of nitrogens with zero attached hydrogens (tertiary/aromatic N) is 2. The zero-order chi connectivity index (χ0) is 17.4. The highest BCUT2D eigenvalue weighted by Gasteiger charge is 2.26. The second kappa shape index (κ2) is 6.62. The maximum atomic E-state index is 13.2. The number of fused-ring (bicyclic) bond motifs is 1. The number of hydrogen-bond acceptors (Lipinski definition) is 3. The van der Waals surface area contributed by atoms with Crippen LogP contribution >= 0.6 is 22.9 Å². The number of para-hydroxylation sites is 1. The van der Waals surface area contributed by atoms with Gasteiger partial charge in [0.05, 0.1) is 5.69 Å². The quantitative estimate of drug-likeness (QED) is 0.609. The van der Waals surface area contributed by atoms with E-state index in [1.165, 1.54) is 16.9 Å². The summed E-state index contributed by atoms with van der Waals surface area (Å²) in [5, 5.41) is 1.54. The molecule has 2 aromatic carbocycles. The van der Waals surface area contributed by atoms with Crippen molar-refractivity contribution in [2.45, 2.75) is 19.8 Å². The Morgan fingerprint density at radius 2 is 1.92 bits per heavy atom. The fourth-order valence-electron chi connectivity index (χ4n) is 3.18. The van der Waals surface area contributed by atoms with Crippen molar-refractivity contribution in [3.05, 3.63) is 69.7 Å². The van der Waals surface area contributed by atoms with E-state index in [9.17, 15) is 4.79 Å². The number of rotatable bonds is 2. The fraction of sp³-hybridized carbons (Fsp3) is 0.200. The van der Waals surface area contributed by atoms with Crippen LogP contribution in [0, 0.1) is 6.92 Å². The maximum Gasteiger partial charge on any atom is 0.270 e. The second-order valence-corrected chi connectivity index (χ2v) is 7.57. The lowest BCUT2D eigenvalue weighted by molar-refractivity contribution is 0.0988. The number of benzene rings is 2. The standard InChI is InChI=1S/C20H17ClN2OS/c1-13-18(25-19(22-13)15-8-10-16(21)11-9-15)20(24)23-12-4-6-14-5-2-3-7-17(14)23/h2-3,5,7-11H,4,6,12H2,1H3. The summed E-state index contributed by atoms with van der Waals surface area (Å²) in [4.78, 5) is 20.4. The lowest BCUT2D eigenvalue weighted by Gasteiger charge is -2.29. The first-order chi connectivity index (χ1) is 12.1. The van der Waals surface area contributed by atoms with Crippen molar-refractivity contribution in [1.29, 1.82) is 0 Å². The van der Waals surface area contributed by atoms with E-state index in [2.05, 4.69) is 11.1 Å². The molecule has 126 valence electrons. The van der Waals surface area contributed by atoms with E-state index in [1.54, 1.807) is 0 Å². The van der Waals surface area contributed by atoms with Gasteiger partial charge in [-0.15, -0.1) is 11.3 Å². The molecule has 2 heterocycles. The van der Waals surface area contributed by atoms with Crippen LogP contribution in [0.4, 0.5) is 5.69 Å². The fourth-order valence-corrected chi connectivity index (χ4v) is 4.32. The molecule has 0 radical (unpaired) electrons. The van der Waals surface area contributed by atoms with Crippen LogP contribution in [0.2, 0.25) is 5.02 Å². The van der Waals surface area contributed by atoms with Crippen LogP contribution in [0.1, 0.15) is 27.3 Å². The smallest absolute Gasteiger partial charge is 0.270 e. The molecule has 0 fully saturated rings. The Labute approximate surface area is 155 Å². The Morgan fingerprint density at radius 1 is 1.16 bits per heavy atom. The van der Waals surface area contributed by atoms with Gasteiger partial charge in [0.25, 0.3) is 5.91 Å². The van der Waals surface area contributed by atoms with Gasteiger partial charge in [0.15, 0.2) is 0 Å². The van der Waals surface area contributed by atoms with Crippen LogP contribution in [-0.2, 0) is 6.42 Å². The molecule has 1 aromatic heterocycles. The van der Waals surface area contributed by atoms with Crippen LogP contribution in [0.5, 0.6) is 0 Å². The monoisotopic (exact) mass is 368 g/mol. The summed E-state index contributed by atoms with van der Waals surface area (Å²) >= 11 is 7.41. The van der Waals surface area contributed by atoms with Gasteiger partial charge in [-0.2, -0.15) is 0 Å². The minimum atomic E-state index is 0.0439. The molecular formula is C20H17ClN2OS. The summed E-state index contributed by atoms with van der Waals surface area (Å²) < 4.78 is 0. The van der Waals surface area contributed by atoms with E-state index < -0.39 is 0 Å². The van der Waals surface area contributed by atoms with Gasteiger partial charge in [-0.05, 0) is 43.5 Å². The largest absolute Gasteiger partial charge is 0.307 e. The predicted octanol–water partition coefficient (Wildman–Crippen LogP) is 5.36. The molecule has 0 bridgehead atoms. The van der Waals surface area contributed by atoms with Crippen LogP contribution in [0.15, 0.2) is 48.5 Å². The Morgan fingerprint density at radius 3 is 2.72 bits per heavy atom. The third-order valence-corrected chi connectivity index (χ3v) is 5.88. The van der Waals surface area contributed by atoms with E-state index in [0.29, 0.717) is 9.90 Å². The molecule has 0 saturated carbocycles. The van der Waals surface area contributed by atoms with Crippen molar-refractivity contribution in [3.8, 4) is 10.6 Å². The topological polar surface area (TPSA) is 33.2 Å². The molecule has 0 unspecified atom stereocenters. The zero-order valence-corrected chi connectivity index (χ0v) is 15.4. The van der Waals surface area contributed by atoms with Crippen molar-refractivity contribution < 1.29 is 4.79 Å². The summed E-state index contributed by atoms with van der Waals surface area (Å²) in [6.07, 6.45) is 2.02. The molecule has 25 heavy (non-hydrogen) atoms. The first-order valence-electron chi connectivity index (χ1n) is 8.26. The highest BCUT2D eigenvalue weighted by Crippen LogP contribution is 2.33. The Kier molecular flexibility index (Phi) is 4.32. The molecule has 0 atom stereocenters. The number of anilines is 1. The number of aromatic nitrogens is 1. The summed E-state index contributed by atoms with van der Waals surface area (Å²) in [5.74, 6) is 0.0439. The number of amides is 1. The molecule has 0 spiro atoms. The average Bonchev–Trinajstić information content (AvgIpc) is 3.03. The molecule has 4 rings (SSSR count). The molecule has 0 saturated heterocycles. The Bertz CT molecular complexity index is 933. The molecule has 3 nitrogen and oxygen atoms in total. The maximum absolute atomic E-state index is 13.2. The van der Waals surface area contributed by atoms with E-state index in [0.717, 1.165) is 41.3 Å². The van der Waals surface area contributed by atoms with E-state index in [1.807, 2.05) is 54.3 Å². The van der Waals surface area contributed by atoms with Crippen molar-refractivity contribution in [3.63, 3.8) is 0 Å². The van der Waals surface area contributed by atoms with Gasteiger partial charge in [0.2, 0.25) is 0 Å². The van der Waals surface area contributed by atoms with Crippen molar-refractivity contribution in [1.82, 2.24) is 4.98 Å². The van der Waals surface area contributed by atoms with Crippen LogP contribution in [0.25, 0.3) is 10.6 Å². The summed E-state index contributed by atoms with van der Waals surface area (Å²) in [7, 11) is 0. The first-order valence-corrected chi connectivity index (χ1v) is 9.46. The van der Waals surface area contributed by atoms with E-state index >= 15 is 0 Å². The van der Waals surface area contributed by atoms with Crippen molar-refractivity contribution in [2.24, 2.45) is 0 Å². The highest BCUT2D eigenvalue weighted by molar-refractivity contribution is 7.17. The third kappa shape index (κ3) is 3.08.